The van der Waals surface area contributed by atoms with Gasteiger partial charge in [0.15, 0.2) is 5.15 Å². The Morgan fingerprint density at radius 3 is 2.76 bits per heavy atom. The Kier molecular flexibility index (Phi) is 5.93. The molecule has 0 fully saturated rings. The summed E-state index contributed by atoms with van der Waals surface area (Å²) in [5.74, 6) is -2.74. The van der Waals surface area contributed by atoms with Gasteiger partial charge in [-0.25, -0.2) is 8.78 Å². The summed E-state index contributed by atoms with van der Waals surface area (Å²) in [6.45, 7) is 1.48. The molecule has 3 rings (SSSR count). The van der Waals surface area contributed by atoms with Gasteiger partial charge in [-0.15, -0.1) is 0 Å². The van der Waals surface area contributed by atoms with E-state index in [1.54, 1.807) is 0 Å². The average Bonchev–Trinajstić information content (AvgIpc) is 3.02. The second kappa shape index (κ2) is 8.40. The van der Waals surface area contributed by atoms with Crippen molar-refractivity contribution in [2.24, 2.45) is 0 Å². The Morgan fingerprint density at radius 2 is 2.03 bits per heavy atom. The van der Waals surface area contributed by atoms with Crippen molar-refractivity contribution in [1.82, 2.24) is 10.2 Å². The van der Waals surface area contributed by atoms with E-state index >= 15 is 0 Å². The third-order valence-electron chi connectivity index (χ3n) is 4.39. The number of nitrogens with zero attached hydrogens (tertiary/aromatic N) is 1. The zero-order valence-electron chi connectivity index (χ0n) is 15.2. The number of aromatic nitrogens is 2. The van der Waals surface area contributed by atoms with E-state index in [-0.39, 0.29) is 34.8 Å². The van der Waals surface area contributed by atoms with Crippen LogP contribution in [0.3, 0.4) is 0 Å². The highest BCUT2D eigenvalue weighted by Crippen LogP contribution is 2.26. The van der Waals surface area contributed by atoms with E-state index in [2.05, 4.69) is 15.5 Å². The summed E-state index contributed by atoms with van der Waals surface area (Å²) in [5, 5.41) is 18.4. The van der Waals surface area contributed by atoms with Crippen LogP contribution in [0.2, 0.25) is 5.15 Å². The highest BCUT2D eigenvalue weighted by Gasteiger charge is 2.14. The van der Waals surface area contributed by atoms with Gasteiger partial charge in [0, 0.05) is 29.0 Å². The van der Waals surface area contributed by atoms with Gasteiger partial charge in [-0.1, -0.05) is 17.7 Å². The maximum atomic E-state index is 14.2. The standard InChI is InChI=1S/C20H16ClF2N3O3/c1-10-14(22)5-2-11(4-7-18(28)29)19(10)24-17(27)6-3-12-8-16-13(9-15(12)23)20(21)26-25-16/h2-3,5-6,8-9H,4,7H2,1H3,(H,24,27)(H,25,26)(H,28,29)/b6-3+. The van der Waals surface area contributed by atoms with Gasteiger partial charge < -0.3 is 10.4 Å². The summed E-state index contributed by atoms with van der Waals surface area (Å²) < 4.78 is 28.1. The minimum absolute atomic E-state index is 0.127. The number of aliphatic carboxylic acids is 1. The lowest BCUT2D eigenvalue weighted by molar-refractivity contribution is -0.136. The van der Waals surface area contributed by atoms with E-state index in [0.717, 1.165) is 6.08 Å². The molecule has 150 valence electrons. The highest BCUT2D eigenvalue weighted by atomic mass is 35.5. The molecule has 3 aromatic rings. The van der Waals surface area contributed by atoms with E-state index in [9.17, 15) is 18.4 Å². The van der Waals surface area contributed by atoms with E-state index in [0.29, 0.717) is 16.5 Å². The van der Waals surface area contributed by atoms with E-state index in [1.165, 1.54) is 37.3 Å². The summed E-state index contributed by atoms with van der Waals surface area (Å²) in [7, 11) is 0. The molecule has 0 saturated heterocycles. The van der Waals surface area contributed by atoms with Crippen LogP contribution < -0.4 is 5.32 Å². The number of halogens is 3. The largest absolute Gasteiger partial charge is 0.481 e. The first-order valence-corrected chi connectivity index (χ1v) is 8.96. The molecule has 0 radical (unpaired) electrons. The van der Waals surface area contributed by atoms with Crippen LogP contribution in [0.1, 0.15) is 23.1 Å². The van der Waals surface area contributed by atoms with Crippen LogP contribution in [0.25, 0.3) is 17.0 Å². The Morgan fingerprint density at radius 1 is 1.28 bits per heavy atom. The number of anilines is 1. The first-order valence-electron chi connectivity index (χ1n) is 8.58. The number of hydrogen-bond acceptors (Lipinski definition) is 3. The fourth-order valence-electron chi connectivity index (χ4n) is 2.85. The van der Waals surface area contributed by atoms with Crippen molar-refractivity contribution in [3.63, 3.8) is 0 Å². The van der Waals surface area contributed by atoms with Gasteiger partial charge in [-0.3, -0.25) is 14.7 Å². The number of hydrogen-bond donors (Lipinski definition) is 3. The number of aryl methyl sites for hydroxylation is 1. The topological polar surface area (TPSA) is 95.1 Å². The number of H-pyrrole nitrogens is 1. The molecule has 6 nitrogen and oxygen atoms in total. The monoisotopic (exact) mass is 419 g/mol. The van der Waals surface area contributed by atoms with Gasteiger partial charge in [0.2, 0.25) is 5.91 Å². The summed E-state index contributed by atoms with van der Waals surface area (Å²) in [6, 6.07) is 5.32. The number of carbonyl (C=O) groups is 2. The third-order valence-corrected chi connectivity index (χ3v) is 4.68. The van der Waals surface area contributed by atoms with Crippen molar-refractivity contribution in [2.45, 2.75) is 19.8 Å². The van der Waals surface area contributed by atoms with Crippen molar-refractivity contribution in [3.8, 4) is 0 Å². The molecule has 0 aliphatic rings. The van der Waals surface area contributed by atoms with Crippen molar-refractivity contribution >= 4 is 46.1 Å². The molecular formula is C20H16ClF2N3O3. The van der Waals surface area contributed by atoms with E-state index in [1.807, 2.05) is 0 Å². The Hall–Kier alpha value is -3.26. The number of benzene rings is 2. The van der Waals surface area contributed by atoms with Crippen LogP contribution in [0.4, 0.5) is 14.5 Å². The smallest absolute Gasteiger partial charge is 0.303 e. The molecule has 9 heteroatoms. The number of carboxylic acid groups (broad SMARTS) is 1. The fourth-order valence-corrected chi connectivity index (χ4v) is 3.05. The molecular weight excluding hydrogens is 404 g/mol. The van der Waals surface area contributed by atoms with E-state index < -0.39 is 23.5 Å². The number of carboxylic acids is 1. The number of rotatable bonds is 6. The normalized spacial score (nSPS) is 11.3. The second-order valence-corrected chi connectivity index (χ2v) is 6.71. The van der Waals surface area contributed by atoms with Crippen molar-refractivity contribution in [2.75, 3.05) is 5.32 Å². The van der Waals surface area contributed by atoms with E-state index in [4.69, 9.17) is 16.7 Å². The molecule has 2 aromatic carbocycles. The lowest BCUT2D eigenvalue weighted by Gasteiger charge is -2.13. The number of carbonyl (C=O) groups excluding carboxylic acids is 1. The maximum absolute atomic E-state index is 14.2. The molecule has 0 saturated carbocycles. The zero-order chi connectivity index (χ0) is 21.1. The van der Waals surface area contributed by atoms with Gasteiger partial charge in [0.25, 0.3) is 0 Å². The molecule has 0 aliphatic heterocycles. The number of amides is 1. The van der Waals surface area contributed by atoms with Gasteiger partial charge >= 0.3 is 5.97 Å². The van der Waals surface area contributed by atoms with Crippen LogP contribution in [0.5, 0.6) is 0 Å². The van der Waals surface area contributed by atoms with Crippen molar-refractivity contribution in [3.05, 3.63) is 63.8 Å². The third kappa shape index (κ3) is 4.60. The fraction of sp³-hybridized carbons (Fsp3) is 0.150. The average molecular weight is 420 g/mol. The lowest BCUT2D eigenvalue weighted by atomic mass is 10.0. The Labute approximate surface area is 169 Å². The van der Waals surface area contributed by atoms with Crippen LogP contribution >= 0.6 is 11.6 Å². The molecule has 0 bridgehead atoms. The molecule has 0 unspecified atom stereocenters. The van der Waals surface area contributed by atoms with Gasteiger partial charge in [0.1, 0.15) is 11.6 Å². The van der Waals surface area contributed by atoms with Crippen LogP contribution in [-0.4, -0.2) is 27.2 Å². The lowest BCUT2D eigenvalue weighted by Crippen LogP contribution is -2.13. The number of aromatic amines is 1. The summed E-state index contributed by atoms with van der Waals surface area (Å²) in [5.41, 5.74) is 1.53. The van der Waals surface area contributed by atoms with Crippen LogP contribution in [0, 0.1) is 18.6 Å². The second-order valence-electron chi connectivity index (χ2n) is 6.36. The first-order chi connectivity index (χ1) is 13.8. The molecule has 3 N–H and O–H groups in total. The predicted molar refractivity (Wildman–Crippen MR) is 106 cm³/mol. The first kappa shape index (κ1) is 20.5. The summed E-state index contributed by atoms with van der Waals surface area (Å²) in [6.07, 6.45) is 2.33. The number of fused-ring (bicyclic) bond motifs is 1. The molecule has 1 amide bonds. The number of nitrogens with one attached hydrogen (secondary N) is 2. The van der Waals surface area contributed by atoms with Gasteiger partial charge in [-0.05, 0) is 43.2 Å². The zero-order valence-corrected chi connectivity index (χ0v) is 16.0. The predicted octanol–water partition coefficient (Wildman–Crippen LogP) is 4.47. The Bertz CT molecular complexity index is 1140. The molecule has 1 aromatic heterocycles. The molecule has 1 heterocycles. The molecule has 0 aliphatic carbocycles. The van der Waals surface area contributed by atoms with Crippen LogP contribution in [-0.2, 0) is 16.0 Å². The summed E-state index contributed by atoms with van der Waals surface area (Å²) >= 11 is 5.84. The quantitative estimate of drug-likeness (QED) is 0.513. The van der Waals surface area contributed by atoms with Crippen LogP contribution in [0.15, 0.2) is 30.3 Å². The minimum atomic E-state index is -1.01. The highest BCUT2D eigenvalue weighted by molar-refractivity contribution is 6.34. The van der Waals surface area contributed by atoms with Gasteiger partial charge in [-0.2, -0.15) is 5.10 Å². The van der Waals surface area contributed by atoms with Crippen molar-refractivity contribution < 1.29 is 23.5 Å². The Balaban J connectivity index is 1.83. The maximum Gasteiger partial charge on any atom is 0.303 e. The SMILES string of the molecule is Cc1c(F)ccc(CCC(=O)O)c1NC(=O)/C=C/c1cc2[nH]nc(Cl)c2cc1F. The minimum Gasteiger partial charge on any atom is -0.481 e. The molecule has 29 heavy (non-hydrogen) atoms. The van der Waals surface area contributed by atoms with Crippen molar-refractivity contribution in [1.29, 1.82) is 0 Å². The van der Waals surface area contributed by atoms with Gasteiger partial charge in [0.05, 0.1) is 11.2 Å². The molecule has 0 atom stereocenters. The molecule has 0 spiro atoms. The summed E-state index contributed by atoms with van der Waals surface area (Å²) in [4.78, 5) is 23.1.